The molecule has 0 spiro atoms. The number of nitrogens with zero attached hydrogens (tertiary/aromatic N) is 4. The summed E-state index contributed by atoms with van der Waals surface area (Å²) < 4.78 is 460. The Balaban J connectivity index is 0.0000154. The van der Waals surface area contributed by atoms with Crippen molar-refractivity contribution in [3.05, 3.63) is 368 Å². The van der Waals surface area contributed by atoms with Gasteiger partial charge in [0.1, 0.15) is 5.82 Å². The third kappa shape index (κ3) is 10.5. The van der Waals surface area contributed by atoms with Gasteiger partial charge in [0.05, 0.1) is 64.7 Å². The van der Waals surface area contributed by atoms with E-state index >= 15 is 0 Å². The van der Waals surface area contributed by atoms with Gasteiger partial charge in [-0.25, -0.2) is 4.98 Å². The van der Waals surface area contributed by atoms with E-state index in [2.05, 4.69) is 23.4 Å². The van der Waals surface area contributed by atoms with Crippen molar-refractivity contribution in [1.29, 1.82) is 0 Å². The monoisotopic (exact) mass is 1490 g/mol. The summed E-state index contributed by atoms with van der Waals surface area (Å²) in [7, 11) is -14.7. The molecule has 5 nitrogen and oxygen atoms in total. The SMILES string of the molecule is [2H]c1c([2H])c([2H])c(-c2cnc(-n3c4[c-]c(Oc5[c-]c(-n6[c-][n+](-c7c([Si](c8c([2H])c([2H])c([2H])c([2H])c8[2H])(c8c([2H])c([2H])c([2H])c([2H])c8[2H])c8c([2H])c([2H])c([2H])c([2H])c8[2H])cc(C([2H])([2H])[2H])cc7[Si](c7c([2H])c([2H])c([2H])c([2H])c7[2H])(c7c([2H])c([2H])c([2H])c([2H])c7[2H])c7c([2H])c([2H])c([2H])c([2H])c7[2H])c7ccc(-c8c(C([2H])([2H])[2H])cccc8C([2H])([2H])[2H])cc76)ccc5)ccc4c4ccccc43)cc2C([2H])([2H])[2H])c([2H])c1[2H].[Pt]. The van der Waals surface area contributed by atoms with Crippen LogP contribution in [0, 0.1) is 45.9 Å². The molecule has 0 bridgehead atoms. The summed E-state index contributed by atoms with van der Waals surface area (Å²) in [5.74, 6) is -0.721. The maximum Gasteiger partial charge on any atom is 0.268 e. The van der Waals surface area contributed by atoms with Gasteiger partial charge in [0.2, 0.25) is 0 Å². The zero-order chi connectivity index (χ0) is 104. The normalized spacial score (nSPS) is 19.1. The van der Waals surface area contributed by atoms with Gasteiger partial charge >= 0.3 is 0 Å². The number of fused-ring (bicyclic) bond motifs is 4. The molecule has 3 aromatic heterocycles. The molecule has 0 aliphatic heterocycles. The van der Waals surface area contributed by atoms with E-state index < -0.39 is 352 Å². The Labute approximate surface area is 643 Å². The molecule has 0 aliphatic rings. The quantitative estimate of drug-likeness (QED) is 0.0444. The molecule has 96 heavy (non-hydrogen) atoms. The van der Waals surface area contributed by atoms with Crippen molar-refractivity contribution >= 4 is 90.5 Å². The van der Waals surface area contributed by atoms with Gasteiger partial charge in [-0.1, -0.05) is 283 Å². The summed E-state index contributed by atoms with van der Waals surface area (Å²) in [5, 5.41) is -10.5. The second kappa shape index (κ2) is 25.8. The third-order valence-corrected chi connectivity index (χ3v) is 24.4. The van der Waals surface area contributed by atoms with Crippen LogP contribution in [0.3, 0.4) is 0 Å². The molecule has 0 saturated carbocycles. The Kier molecular flexibility index (Phi) is 7.61. The van der Waals surface area contributed by atoms with Gasteiger partial charge in [-0.05, 0) is 132 Å². The van der Waals surface area contributed by atoms with Gasteiger partial charge in [-0.2, -0.15) is 18.2 Å². The van der Waals surface area contributed by atoms with Gasteiger partial charge in [-0.3, -0.25) is 4.57 Å². The molecule has 0 fully saturated rings. The summed E-state index contributed by atoms with van der Waals surface area (Å²) >= 11 is 0. The Morgan fingerprint density at radius 2 is 0.958 bits per heavy atom. The van der Waals surface area contributed by atoms with E-state index in [0.717, 1.165) is 53.2 Å². The van der Waals surface area contributed by atoms with Crippen LogP contribution >= 0.6 is 0 Å². The Morgan fingerprint density at radius 3 is 1.49 bits per heavy atom. The maximum absolute atomic E-state index is 10.5. The van der Waals surface area contributed by atoms with Gasteiger partial charge in [0, 0.05) is 66.3 Å². The largest absolute Gasteiger partial charge is 0.510 e. The van der Waals surface area contributed by atoms with Gasteiger partial charge < -0.3 is 13.9 Å². The van der Waals surface area contributed by atoms with Crippen LogP contribution in [0.1, 0.15) is 86.7 Å². The first-order chi connectivity index (χ1) is 66.1. The van der Waals surface area contributed by atoms with Gasteiger partial charge in [0.25, 0.3) is 6.33 Å². The van der Waals surface area contributed by atoms with Crippen LogP contribution in [0.5, 0.6) is 11.5 Å². The van der Waals surface area contributed by atoms with E-state index in [9.17, 15) is 45.2 Å². The molecule has 13 aromatic carbocycles. The molecule has 0 unspecified atom stereocenters. The van der Waals surface area contributed by atoms with Gasteiger partial charge in [-0.15, -0.1) is 29.7 Å². The van der Waals surface area contributed by atoms with Crippen LogP contribution < -0.4 is 50.8 Å². The number of hydrogen-bond acceptors (Lipinski definition) is 2. The number of aromatic nitrogens is 4. The van der Waals surface area contributed by atoms with Crippen molar-refractivity contribution < 1.29 is 94.8 Å². The Hall–Kier alpha value is -10.8. The summed E-state index contributed by atoms with van der Waals surface area (Å²) in [4.78, 5) is 4.65. The zero-order valence-electron chi connectivity index (χ0n) is 96.0. The van der Waals surface area contributed by atoms with Crippen LogP contribution in [0.15, 0.2) is 327 Å². The Morgan fingerprint density at radius 1 is 0.448 bits per heavy atom. The van der Waals surface area contributed by atoms with Crippen molar-refractivity contribution in [2.45, 2.75) is 27.4 Å². The van der Waals surface area contributed by atoms with E-state index in [0.29, 0.717) is 33.0 Å². The van der Waals surface area contributed by atoms with Crippen LogP contribution in [0.4, 0.5) is 0 Å². The van der Waals surface area contributed by atoms with Crippen molar-refractivity contribution in [1.82, 2.24) is 14.1 Å². The van der Waals surface area contributed by atoms with E-state index in [1.54, 1.807) is 30.3 Å². The number of ether oxygens (including phenoxy) is 1. The second-order valence-corrected chi connectivity index (χ2v) is 28.2. The number of aryl methyl sites for hydroxylation is 4. The van der Waals surface area contributed by atoms with Crippen LogP contribution in [0.2, 0.25) is 0 Å². The molecular weight excluding hydrogens is 1380 g/mol. The van der Waals surface area contributed by atoms with Crippen LogP contribution in [-0.4, -0.2) is 30.3 Å². The number of imidazole rings is 1. The summed E-state index contributed by atoms with van der Waals surface area (Å²) in [5.41, 5.74) is -7.39. The fraction of sp³-hybridized carbons (Fsp3) is 0.0455. The minimum atomic E-state index is -7.36. The van der Waals surface area contributed by atoms with E-state index in [1.807, 2.05) is 0 Å². The van der Waals surface area contributed by atoms with Gasteiger partial charge in [0.15, 0.2) is 16.1 Å². The fourth-order valence-corrected chi connectivity index (χ4v) is 20.4. The van der Waals surface area contributed by atoms with Crippen molar-refractivity contribution in [3.8, 4) is 50.9 Å². The van der Waals surface area contributed by atoms with Crippen molar-refractivity contribution in [2.75, 3.05) is 0 Å². The molecule has 0 N–H and O–H groups in total. The van der Waals surface area contributed by atoms with Crippen molar-refractivity contribution in [3.63, 3.8) is 0 Å². The molecule has 0 atom stereocenters. The average Bonchev–Trinajstić information content (AvgIpc) is 1.51. The summed E-state index contributed by atoms with van der Waals surface area (Å²) in [6, 6.07) is -19.3. The number of benzene rings is 13. The smallest absolute Gasteiger partial charge is 0.268 e. The maximum atomic E-state index is 10.5. The molecule has 0 aliphatic carbocycles. The van der Waals surface area contributed by atoms with Crippen molar-refractivity contribution in [2.24, 2.45) is 0 Å². The topological polar surface area (TPSA) is 35.9 Å². The number of pyridine rings is 1. The predicted molar refractivity (Wildman–Crippen MR) is 397 cm³/mol. The molecule has 0 saturated heterocycles. The summed E-state index contributed by atoms with van der Waals surface area (Å²) in [6.45, 7) is -13.6. The van der Waals surface area contributed by atoms with Crippen LogP contribution in [0.25, 0.3) is 72.3 Å². The average molecular weight is 1490 g/mol. The fourth-order valence-electron chi connectivity index (χ4n) is 12.2. The first-order valence-electron chi connectivity index (χ1n) is 52.1. The molecule has 16 rings (SSSR count). The molecule has 8 heteroatoms. The molecule has 3 heterocycles. The van der Waals surface area contributed by atoms with E-state index in [4.69, 9.17) is 23.9 Å². The first-order valence-corrected chi connectivity index (χ1v) is 32.6. The molecule has 0 amide bonds. The minimum absolute atomic E-state index is 0. The molecular formula is C88H66N4OPtSi2-2. The second-order valence-electron chi connectivity index (χ2n) is 21.2. The third-order valence-electron chi connectivity index (χ3n) is 16.1. The summed E-state index contributed by atoms with van der Waals surface area (Å²) in [6.07, 6.45) is 4.12. The molecule has 0 radical (unpaired) electrons. The minimum Gasteiger partial charge on any atom is -0.510 e. The molecule has 464 valence electrons. The standard InChI is InChI=1S/C88H66N4OSi2.Pt/c1-62-54-84(94(71-36-14-6-15-37-71,72-38-16-7-17-39-72)73-40-18-8-19-41-73)88(85(55-62)95(74-42-20-9-21-43-74,75-44-22-10-23-45-75)76-46-24-11-25-47-76)91-61-90(83-57-67(50-53-81(83)91)87-63(2)30-28-31-64(87)3)68-34-29-35-69(58-68)93-70-51-52-78-77-48-26-27-49-80(77)92(82(78)59-70)86-56-65(4)79(60-89-86)66-32-12-5-13-33-66;/h5-57,60H,1-4H3;/q-2;/i1D3,2D3,3D3,4D3,5D,6D,7D,8D,9D,10D,11D,12D,13D,14D,15D,16D,17D,18D,19D,20D,21D,22D,23D,24D,25D,32D,33D,36D,37D,38D,39D,40D,41D,42D,43D,44D,45D,46D,47D;. The van der Waals surface area contributed by atoms with E-state index in [-0.39, 0.29) is 55.0 Å². The predicted octanol–water partition coefficient (Wildman–Crippen LogP) is 14.9. The zero-order valence-corrected chi connectivity index (χ0v) is 53.3. The first kappa shape index (κ1) is 28.3. The number of hydrogen-bond donors (Lipinski definition) is 0. The van der Waals surface area contributed by atoms with Crippen LogP contribution in [-0.2, 0) is 21.1 Å². The number of rotatable bonds is 15. The Bertz CT molecular complexity index is 7420. The number of para-hydroxylation sites is 1. The molecule has 16 aromatic rings. The van der Waals surface area contributed by atoms with E-state index in [1.165, 1.54) is 28.8 Å².